The molecule has 2 saturated heterocycles. The third-order valence-electron chi connectivity index (χ3n) is 22.6. The molecule has 2 bridgehead atoms. The van der Waals surface area contributed by atoms with Crippen LogP contribution in [0.25, 0.3) is 33.4 Å². The highest BCUT2D eigenvalue weighted by Gasteiger charge is 2.53. The van der Waals surface area contributed by atoms with E-state index in [9.17, 15) is 53.7 Å². The Balaban J connectivity index is 0.647. The Bertz CT molecular complexity index is 4290. The fourth-order valence-corrected chi connectivity index (χ4v) is 15.6. The topological polar surface area (TPSA) is 477 Å². The molecule has 9 rings (SSSR count). The van der Waals surface area contributed by atoms with Crippen LogP contribution in [0.4, 0.5) is 11.8 Å². The van der Waals surface area contributed by atoms with Crippen molar-refractivity contribution in [2.45, 2.75) is 237 Å². The van der Waals surface area contributed by atoms with Crippen LogP contribution in [0.5, 0.6) is 0 Å². The van der Waals surface area contributed by atoms with Gasteiger partial charge in [-0.05, 0) is 151 Å². The van der Waals surface area contributed by atoms with Gasteiger partial charge >= 0.3 is 5.97 Å². The first kappa shape index (κ1) is 92.9. The van der Waals surface area contributed by atoms with Crippen LogP contribution in [-0.4, -0.2) is 247 Å². The second-order valence-corrected chi connectivity index (χ2v) is 31.7. The maximum Gasteiger partial charge on any atom is 0.329 e. The predicted octanol–water partition coefficient (Wildman–Crippen LogP) is 6.08. The molecular formula is C84H122N14O20. The number of nitrogens with one attached hydrogen (secondary N) is 2. The lowest BCUT2D eigenvalue weighted by atomic mass is 9.80. The number of benzene rings is 1. The number of amides is 3. The van der Waals surface area contributed by atoms with Crippen LogP contribution in [0.1, 0.15) is 163 Å². The second-order valence-electron chi connectivity index (χ2n) is 31.7. The molecule has 118 heavy (non-hydrogen) atoms. The van der Waals surface area contributed by atoms with Crippen molar-refractivity contribution in [3.05, 3.63) is 84.0 Å². The van der Waals surface area contributed by atoms with Crippen LogP contribution >= 0.6 is 0 Å². The quantitative estimate of drug-likeness (QED) is 0.0102. The molecule has 1 aromatic carbocycles. The number of carbonyl (C=O) groups excluding carboxylic acids is 8. The van der Waals surface area contributed by atoms with Gasteiger partial charge in [-0.3, -0.25) is 33.6 Å². The van der Waals surface area contributed by atoms with E-state index < -0.39 is 107 Å². The maximum absolute atomic E-state index is 14.7. The number of aromatic nitrogens is 8. The summed E-state index contributed by atoms with van der Waals surface area (Å²) in [5.74, 6) is -10.5. The molecule has 7 heterocycles. The van der Waals surface area contributed by atoms with Crippen molar-refractivity contribution >= 4 is 80.8 Å². The molecule has 3 amide bonds. The van der Waals surface area contributed by atoms with E-state index in [1.807, 2.05) is 56.5 Å². The number of methoxy groups -OCH3 is 2. The summed E-state index contributed by atoms with van der Waals surface area (Å²) in [6, 6.07) is 3.27. The number of cyclic esters (lactones) is 1. The summed E-state index contributed by atoms with van der Waals surface area (Å²) >= 11 is 0. The minimum absolute atomic E-state index is 0.0187. The van der Waals surface area contributed by atoms with E-state index in [1.54, 1.807) is 56.5 Å². The lowest BCUT2D eigenvalue weighted by Gasteiger charge is -2.42. The number of hydrogen-bond donors (Lipinski definition) is 8. The first-order valence-electron chi connectivity index (χ1n) is 41.5. The van der Waals surface area contributed by atoms with Crippen LogP contribution in [-0.2, 0) is 95.8 Å². The van der Waals surface area contributed by atoms with Crippen molar-refractivity contribution in [3.8, 4) is 11.3 Å². The van der Waals surface area contributed by atoms with Gasteiger partial charge in [0, 0.05) is 108 Å². The number of nitrogens with two attached hydrogens (primary N) is 3. The number of nitrogens with zero attached hydrogens (tertiary/aromatic N) is 9. The molecule has 4 aliphatic rings. The molecular weight excluding hydrogens is 1530 g/mol. The zero-order valence-electron chi connectivity index (χ0n) is 69.4. The lowest BCUT2D eigenvalue weighted by molar-refractivity contribution is -0.265. The molecule has 4 aromatic heterocycles. The Labute approximate surface area is 688 Å². The third kappa shape index (κ3) is 26.5. The van der Waals surface area contributed by atoms with E-state index >= 15 is 0 Å². The summed E-state index contributed by atoms with van der Waals surface area (Å²) in [6.45, 7) is 14.1. The van der Waals surface area contributed by atoms with Gasteiger partial charge in [0.15, 0.2) is 17.0 Å². The van der Waals surface area contributed by atoms with Crippen molar-refractivity contribution in [2.75, 3.05) is 91.6 Å². The lowest BCUT2D eigenvalue weighted by Crippen LogP contribution is -2.61. The van der Waals surface area contributed by atoms with E-state index in [2.05, 4.69) is 35.9 Å². The van der Waals surface area contributed by atoms with Crippen LogP contribution in [0.2, 0.25) is 0 Å². The van der Waals surface area contributed by atoms with Gasteiger partial charge in [-0.1, -0.05) is 69.4 Å². The highest BCUT2D eigenvalue weighted by Crippen LogP contribution is 2.39. The molecule has 11 N–H and O–H groups in total. The Morgan fingerprint density at radius 3 is 2.32 bits per heavy atom. The molecule has 3 aliphatic heterocycles. The monoisotopic (exact) mass is 1650 g/mol. The largest absolute Gasteiger partial charge is 0.459 e. The average Bonchev–Trinajstić information content (AvgIpc) is 1.17. The summed E-state index contributed by atoms with van der Waals surface area (Å²) in [5, 5.41) is 53.9. The van der Waals surface area contributed by atoms with Crippen LogP contribution in [0, 0.1) is 29.6 Å². The van der Waals surface area contributed by atoms with Gasteiger partial charge in [0.1, 0.15) is 53.5 Å². The van der Waals surface area contributed by atoms with Crippen molar-refractivity contribution in [1.29, 1.82) is 0 Å². The number of esters is 1. The maximum atomic E-state index is 14.7. The number of rotatable bonds is 33. The zero-order valence-corrected chi connectivity index (χ0v) is 69.4. The van der Waals surface area contributed by atoms with Crippen LogP contribution in [0.3, 0.4) is 0 Å². The number of nitrogen functional groups attached to an aromatic ring is 2. The molecule has 3 fully saturated rings. The first-order valence-corrected chi connectivity index (χ1v) is 41.5. The number of fused-ring (bicyclic) bond motifs is 5. The van der Waals surface area contributed by atoms with E-state index in [4.69, 9.17) is 64.6 Å². The Morgan fingerprint density at radius 1 is 0.780 bits per heavy atom. The highest BCUT2D eigenvalue weighted by atomic mass is 16.6. The van der Waals surface area contributed by atoms with Gasteiger partial charge in [-0.15, -0.1) is 5.10 Å². The number of anilines is 2. The minimum atomic E-state index is -2.50. The minimum Gasteiger partial charge on any atom is -0.459 e. The van der Waals surface area contributed by atoms with Crippen LogP contribution in [0.15, 0.2) is 82.7 Å². The SMILES string of the molecule is COC1C[C@@H]2CC[C@@H](C)[C@@](O)(O2)C(=O)C(=O)N2CCCC[C@H]2C(=O)OC([C@H](N)CC2CCC(OCCCCc3cn(CCOCCOCCOCCNC(=O)CCC(=O)C(=O)NCCCCn4nc(-c5ccc6oc(N)nc6c5)c5c(N)ncnc54)nn3)[C@H](OC)C2)CC(=O)C(C)/C=C(\C)[C@@H](O)[C@@H](O)C(=O)C(C)CC(C)/C=C/C=CC=C1C. The molecule has 5 aromatic rings. The van der Waals surface area contributed by atoms with Crippen molar-refractivity contribution in [1.82, 2.24) is 55.3 Å². The fourth-order valence-electron chi connectivity index (χ4n) is 15.6. The number of allylic oxidation sites excluding steroid dienone is 6. The van der Waals surface area contributed by atoms with Gasteiger partial charge in [-0.2, -0.15) is 10.1 Å². The highest BCUT2D eigenvalue weighted by molar-refractivity contribution is 6.39. The number of Topliss-reactive ketones (excluding diaryl/α,β-unsaturated/α-hetero) is 4. The summed E-state index contributed by atoms with van der Waals surface area (Å²) in [4.78, 5) is 123. The molecule has 1 saturated carbocycles. The van der Waals surface area contributed by atoms with E-state index in [-0.39, 0.29) is 106 Å². The number of unbranched alkanes of at least 4 members (excludes halogenated alkanes) is 2. The normalized spacial score (nSPS) is 26.8. The van der Waals surface area contributed by atoms with Crippen LogP contribution < -0.4 is 27.8 Å². The Kier molecular flexibility index (Phi) is 36.2. The third-order valence-corrected chi connectivity index (χ3v) is 22.6. The Hall–Kier alpha value is -8.94. The number of aliphatic hydroxyl groups excluding tert-OH is 2. The van der Waals surface area contributed by atoms with Gasteiger partial charge in [-0.25, -0.2) is 24.1 Å². The summed E-state index contributed by atoms with van der Waals surface area (Å²) in [7, 11) is 3.19. The molecule has 34 nitrogen and oxygen atoms in total. The molecule has 7 unspecified atom stereocenters. The van der Waals surface area contributed by atoms with Crippen molar-refractivity contribution in [3.63, 3.8) is 0 Å². The zero-order chi connectivity index (χ0) is 85.0. The predicted molar refractivity (Wildman–Crippen MR) is 435 cm³/mol. The van der Waals surface area contributed by atoms with Gasteiger partial charge < -0.3 is 90.4 Å². The number of hydrogen-bond acceptors (Lipinski definition) is 29. The number of aliphatic hydroxyl groups is 3. The molecule has 0 radical (unpaired) electrons. The smallest absolute Gasteiger partial charge is 0.329 e. The summed E-state index contributed by atoms with van der Waals surface area (Å²) < 4.78 is 56.5. The average molecular weight is 1650 g/mol. The second kappa shape index (κ2) is 46.0. The fraction of sp³-hybridized carbons (Fsp3) is 0.643. The van der Waals surface area contributed by atoms with Gasteiger partial charge in [0.05, 0.1) is 81.7 Å². The summed E-state index contributed by atoms with van der Waals surface area (Å²) in [6.07, 6.45) is 15.3. The summed E-state index contributed by atoms with van der Waals surface area (Å²) in [5.41, 5.74) is 23.9. The number of carbonyl (C=O) groups is 8. The number of ketones is 4. The number of piperidine rings is 1. The first-order chi connectivity index (χ1) is 56.7. The van der Waals surface area contributed by atoms with Gasteiger partial charge in [0.25, 0.3) is 23.6 Å². The van der Waals surface area contributed by atoms with E-state index in [0.717, 1.165) is 34.6 Å². The number of aryl methyl sites for hydroxylation is 2. The number of ether oxygens (including phenoxy) is 8. The molecule has 648 valence electrons. The van der Waals surface area contributed by atoms with E-state index in [1.165, 1.54) is 19.3 Å². The van der Waals surface area contributed by atoms with Gasteiger partial charge in [0.2, 0.25) is 17.5 Å². The number of oxazole rings is 1. The molecule has 1 aliphatic carbocycles. The molecule has 34 heteroatoms. The standard InChI is InChI=1S/C84H122N14O20/c1-51-18-10-9-11-19-52(2)68(110-7)47-60-25-22-56(6)84(109,118-60)77(105)81(107)97-32-15-12-21-63(97)82(108)116-69(48-65(100)53(3)43-55(5)75(103)76(104)74(102)54(4)42-51)61(85)44-57-23-27-67(70(45-57)111-8)115-35-17-13-20-59-49-96(95-93-59)34-37-113-39-41-114-40-38-112-36-31-88-71(101)29-26-64(99)80(106)89-30-14-16-33-98-79-72(78(86)90-50-91-79)73(94-98)58-24-28-66-62(46-58)92-83(87)117-66/h9-11,18-19,24,28,43,46,49-51,53-54,56-57,60-61,63,67-70,75-76,103-104,109H,12-17,20-23,25-27,29-42,44-45,47-48,85H2,1-8H3,(H2,87,92)(H,88,101)(H,89,106)(H2,86,90,91)/b11-9?,18-10+,52-19?,55-43+/t51?,53?,54?,56-,57?,60+,61-,63+,67?,68?,69?,70-,75-,76+,84-/m1/s1. The Morgan fingerprint density at radius 2 is 1.55 bits per heavy atom. The van der Waals surface area contributed by atoms with Crippen molar-refractivity contribution in [2.24, 2.45) is 35.3 Å². The van der Waals surface area contributed by atoms with Crippen molar-refractivity contribution < 1.29 is 96.0 Å². The molecule has 15 atom stereocenters. The molecule has 0 spiro atoms. The van der Waals surface area contributed by atoms with E-state index in [0.29, 0.717) is 158 Å².